The van der Waals surface area contributed by atoms with Crippen LogP contribution in [0, 0.1) is 11.3 Å². The topological polar surface area (TPSA) is 48.7 Å². The zero-order valence-electron chi connectivity index (χ0n) is 6.62. The van der Waals surface area contributed by atoms with Gasteiger partial charge in [0, 0.05) is 18.4 Å². The van der Waals surface area contributed by atoms with Gasteiger partial charge in [-0.1, -0.05) is 0 Å². The molecule has 1 saturated heterocycles. The van der Waals surface area contributed by atoms with E-state index < -0.39 is 0 Å². The molecular formula is C9H9N3. The van der Waals surface area contributed by atoms with Gasteiger partial charge >= 0.3 is 0 Å². The number of nitrogens with one attached hydrogen (secondary N) is 1. The number of rotatable bonds is 1. The molecule has 0 aromatic carbocycles. The van der Waals surface area contributed by atoms with Crippen molar-refractivity contribution in [3.63, 3.8) is 0 Å². The van der Waals surface area contributed by atoms with E-state index in [1.165, 1.54) is 0 Å². The molecule has 12 heavy (non-hydrogen) atoms. The minimum Gasteiger partial charge on any atom is -0.310 e. The normalized spacial score (nSPS) is 21.1. The molecule has 2 heterocycles. The highest BCUT2D eigenvalue weighted by Crippen LogP contribution is 2.21. The Morgan fingerprint density at radius 3 is 3.00 bits per heavy atom. The predicted octanol–water partition coefficient (Wildman–Crippen LogP) is 0.988. The van der Waals surface area contributed by atoms with Crippen LogP contribution in [-0.4, -0.2) is 11.5 Å². The van der Waals surface area contributed by atoms with Crippen molar-refractivity contribution >= 4 is 0 Å². The maximum atomic E-state index is 8.62. The van der Waals surface area contributed by atoms with Crippen molar-refractivity contribution in [2.24, 2.45) is 0 Å². The Bertz CT molecular complexity index is 323. The van der Waals surface area contributed by atoms with E-state index in [2.05, 4.69) is 16.4 Å². The van der Waals surface area contributed by atoms with Crippen molar-refractivity contribution in [2.75, 3.05) is 6.54 Å². The Kier molecular flexibility index (Phi) is 1.77. The van der Waals surface area contributed by atoms with Crippen LogP contribution >= 0.6 is 0 Å². The van der Waals surface area contributed by atoms with E-state index in [0.29, 0.717) is 11.6 Å². The van der Waals surface area contributed by atoms with Gasteiger partial charge in [0.25, 0.3) is 0 Å². The second kappa shape index (κ2) is 2.92. The van der Waals surface area contributed by atoms with Gasteiger partial charge in [0.15, 0.2) is 0 Å². The SMILES string of the molecule is N#Cc1cncc(C2CCN2)c1. The van der Waals surface area contributed by atoms with Crippen molar-refractivity contribution in [2.45, 2.75) is 12.5 Å². The zero-order valence-corrected chi connectivity index (χ0v) is 6.62. The molecule has 0 saturated carbocycles. The molecule has 1 aliphatic heterocycles. The van der Waals surface area contributed by atoms with E-state index in [4.69, 9.17) is 5.26 Å². The van der Waals surface area contributed by atoms with Crippen LogP contribution in [0.1, 0.15) is 23.6 Å². The van der Waals surface area contributed by atoms with Gasteiger partial charge in [0.2, 0.25) is 0 Å². The summed E-state index contributed by atoms with van der Waals surface area (Å²) < 4.78 is 0. The van der Waals surface area contributed by atoms with E-state index in [-0.39, 0.29) is 0 Å². The Morgan fingerprint density at radius 2 is 2.42 bits per heavy atom. The van der Waals surface area contributed by atoms with Crippen LogP contribution in [0.5, 0.6) is 0 Å². The number of nitriles is 1. The van der Waals surface area contributed by atoms with Gasteiger partial charge in [0.05, 0.1) is 5.56 Å². The van der Waals surface area contributed by atoms with E-state index in [9.17, 15) is 0 Å². The van der Waals surface area contributed by atoms with Crippen molar-refractivity contribution < 1.29 is 0 Å². The Balaban J connectivity index is 2.27. The lowest BCUT2D eigenvalue weighted by Gasteiger charge is -2.27. The summed E-state index contributed by atoms with van der Waals surface area (Å²) in [6, 6.07) is 4.39. The molecular weight excluding hydrogens is 150 g/mol. The lowest BCUT2D eigenvalue weighted by atomic mass is 9.99. The molecule has 1 N–H and O–H groups in total. The lowest BCUT2D eigenvalue weighted by Crippen LogP contribution is -2.34. The molecule has 3 heteroatoms. The first-order chi connectivity index (χ1) is 5.90. The fourth-order valence-electron chi connectivity index (χ4n) is 1.28. The maximum Gasteiger partial charge on any atom is 0.101 e. The maximum absolute atomic E-state index is 8.62. The highest BCUT2D eigenvalue weighted by molar-refractivity contribution is 5.31. The van der Waals surface area contributed by atoms with Gasteiger partial charge in [-0.2, -0.15) is 5.26 Å². The average molecular weight is 159 g/mol. The molecule has 1 unspecified atom stereocenters. The third kappa shape index (κ3) is 1.17. The first kappa shape index (κ1) is 7.26. The molecule has 0 bridgehead atoms. The molecule has 0 amide bonds. The number of pyridine rings is 1. The van der Waals surface area contributed by atoms with E-state index in [1.54, 1.807) is 6.20 Å². The lowest BCUT2D eigenvalue weighted by molar-refractivity contribution is 0.382. The Labute approximate surface area is 71.0 Å². The summed E-state index contributed by atoms with van der Waals surface area (Å²) in [6.07, 6.45) is 4.55. The van der Waals surface area contributed by atoms with E-state index >= 15 is 0 Å². The first-order valence-corrected chi connectivity index (χ1v) is 3.98. The Hall–Kier alpha value is -1.40. The highest BCUT2D eigenvalue weighted by atomic mass is 15.0. The fraction of sp³-hybridized carbons (Fsp3) is 0.333. The van der Waals surface area contributed by atoms with Gasteiger partial charge in [-0.3, -0.25) is 4.98 Å². The zero-order chi connectivity index (χ0) is 8.39. The number of nitrogens with zero attached hydrogens (tertiary/aromatic N) is 2. The van der Waals surface area contributed by atoms with E-state index in [1.807, 2.05) is 12.3 Å². The van der Waals surface area contributed by atoms with Gasteiger partial charge in [-0.05, 0) is 24.6 Å². The number of aromatic nitrogens is 1. The molecule has 1 aliphatic rings. The smallest absolute Gasteiger partial charge is 0.101 e. The average Bonchev–Trinajstić information content (AvgIpc) is 2.02. The highest BCUT2D eigenvalue weighted by Gasteiger charge is 2.18. The van der Waals surface area contributed by atoms with Crippen LogP contribution in [0.15, 0.2) is 18.5 Å². The summed E-state index contributed by atoms with van der Waals surface area (Å²) in [5.74, 6) is 0. The van der Waals surface area contributed by atoms with Crippen LogP contribution < -0.4 is 5.32 Å². The summed E-state index contributed by atoms with van der Waals surface area (Å²) >= 11 is 0. The van der Waals surface area contributed by atoms with Gasteiger partial charge in [-0.15, -0.1) is 0 Å². The summed E-state index contributed by atoms with van der Waals surface area (Å²) in [6.45, 7) is 1.07. The van der Waals surface area contributed by atoms with Crippen molar-refractivity contribution in [1.82, 2.24) is 10.3 Å². The molecule has 0 spiro atoms. The van der Waals surface area contributed by atoms with Crippen LogP contribution in [0.25, 0.3) is 0 Å². The summed E-state index contributed by atoms with van der Waals surface area (Å²) in [5.41, 5.74) is 1.77. The molecule has 0 aliphatic carbocycles. The number of hydrogen-bond acceptors (Lipinski definition) is 3. The molecule has 1 aromatic rings. The second-order valence-corrected chi connectivity index (χ2v) is 2.91. The van der Waals surface area contributed by atoms with Gasteiger partial charge < -0.3 is 5.32 Å². The molecule has 0 radical (unpaired) electrons. The minimum atomic E-state index is 0.422. The number of hydrogen-bond donors (Lipinski definition) is 1. The van der Waals surface area contributed by atoms with Gasteiger partial charge in [0.1, 0.15) is 6.07 Å². The minimum absolute atomic E-state index is 0.422. The van der Waals surface area contributed by atoms with Crippen LogP contribution in [0.3, 0.4) is 0 Å². The quantitative estimate of drug-likeness (QED) is 0.664. The molecule has 1 fully saturated rings. The second-order valence-electron chi connectivity index (χ2n) is 2.91. The monoisotopic (exact) mass is 159 g/mol. The van der Waals surface area contributed by atoms with Crippen LogP contribution in [0.4, 0.5) is 0 Å². The molecule has 1 aromatic heterocycles. The van der Waals surface area contributed by atoms with Crippen LogP contribution in [0.2, 0.25) is 0 Å². The molecule has 1 atom stereocenters. The molecule has 2 rings (SSSR count). The standard InChI is InChI=1S/C9H9N3/c10-4-7-3-8(6-11-5-7)9-1-2-12-9/h3,5-6,9,12H,1-2H2. The third-order valence-electron chi connectivity index (χ3n) is 2.11. The van der Waals surface area contributed by atoms with Crippen molar-refractivity contribution in [3.05, 3.63) is 29.6 Å². The largest absolute Gasteiger partial charge is 0.310 e. The van der Waals surface area contributed by atoms with Gasteiger partial charge in [-0.25, -0.2) is 0 Å². The molecule has 60 valence electrons. The Morgan fingerprint density at radius 1 is 1.58 bits per heavy atom. The summed E-state index contributed by atoms with van der Waals surface area (Å²) in [4.78, 5) is 4.00. The summed E-state index contributed by atoms with van der Waals surface area (Å²) in [5, 5.41) is 11.9. The fourth-order valence-corrected chi connectivity index (χ4v) is 1.28. The third-order valence-corrected chi connectivity index (χ3v) is 2.11. The molecule has 3 nitrogen and oxygen atoms in total. The van der Waals surface area contributed by atoms with Crippen molar-refractivity contribution in [1.29, 1.82) is 5.26 Å². The predicted molar refractivity (Wildman–Crippen MR) is 44.3 cm³/mol. The van der Waals surface area contributed by atoms with E-state index in [0.717, 1.165) is 18.5 Å². The summed E-state index contributed by atoms with van der Waals surface area (Å²) in [7, 11) is 0. The van der Waals surface area contributed by atoms with Crippen molar-refractivity contribution in [3.8, 4) is 6.07 Å². The first-order valence-electron chi connectivity index (χ1n) is 3.98. The van der Waals surface area contributed by atoms with Crippen LogP contribution in [-0.2, 0) is 0 Å².